The molecule has 0 amide bonds. The monoisotopic (exact) mass is 279 g/mol. The summed E-state index contributed by atoms with van der Waals surface area (Å²) in [5.74, 6) is 0.643. The van der Waals surface area contributed by atoms with E-state index in [0.717, 1.165) is 38.2 Å². The van der Waals surface area contributed by atoms with Gasteiger partial charge in [-0.15, -0.1) is 0 Å². The Bertz CT molecular complexity index is 442. The van der Waals surface area contributed by atoms with Gasteiger partial charge in [-0.2, -0.15) is 0 Å². The molecule has 1 aliphatic rings. The van der Waals surface area contributed by atoms with Crippen LogP contribution in [0.2, 0.25) is 0 Å². The Morgan fingerprint density at radius 1 is 1.42 bits per heavy atom. The molecule has 0 atom stereocenters. The Balaban J connectivity index is 1.83. The van der Waals surface area contributed by atoms with Crippen molar-refractivity contribution in [3.8, 4) is 0 Å². The molecular weight excluding hydrogens is 258 g/mol. The Kier molecular flexibility index (Phi) is 5.31. The highest BCUT2D eigenvalue weighted by Gasteiger charge is 2.13. The van der Waals surface area contributed by atoms with Crippen LogP contribution in [0.1, 0.15) is 29.5 Å². The van der Waals surface area contributed by atoms with Gasteiger partial charge in [0.25, 0.3) is 0 Å². The zero-order valence-corrected chi connectivity index (χ0v) is 12.2. The third kappa shape index (κ3) is 4.27. The van der Waals surface area contributed by atoms with Gasteiger partial charge in [-0.05, 0) is 42.9 Å². The zero-order valence-electron chi connectivity index (χ0n) is 11.4. The topological polar surface area (TPSA) is 44.5 Å². The van der Waals surface area contributed by atoms with Crippen LogP contribution in [-0.2, 0) is 16.1 Å². The van der Waals surface area contributed by atoms with Crippen LogP contribution in [0.5, 0.6) is 0 Å². The summed E-state index contributed by atoms with van der Waals surface area (Å²) in [5, 5.41) is 0. The second-order valence-corrected chi connectivity index (χ2v) is 5.52. The second kappa shape index (κ2) is 6.98. The lowest BCUT2D eigenvalue weighted by Crippen LogP contribution is -2.20. The Morgan fingerprint density at radius 2 is 2.16 bits per heavy atom. The van der Waals surface area contributed by atoms with E-state index in [0.29, 0.717) is 17.5 Å². The first-order chi connectivity index (χ1) is 9.16. The predicted molar refractivity (Wildman–Crippen MR) is 80.3 cm³/mol. The molecule has 3 nitrogen and oxygen atoms in total. The minimum Gasteiger partial charge on any atom is -0.389 e. The molecule has 104 valence electrons. The maximum absolute atomic E-state index is 5.82. The van der Waals surface area contributed by atoms with Crippen molar-refractivity contribution in [3.63, 3.8) is 0 Å². The predicted octanol–water partition coefficient (Wildman–Crippen LogP) is 2.57. The quantitative estimate of drug-likeness (QED) is 0.841. The lowest BCUT2D eigenvalue weighted by molar-refractivity contribution is 0.0156. The number of aryl methyl sites for hydroxylation is 1. The van der Waals surface area contributed by atoms with Crippen LogP contribution in [0.15, 0.2) is 18.2 Å². The maximum Gasteiger partial charge on any atom is 0.103 e. The van der Waals surface area contributed by atoms with Gasteiger partial charge in [0.05, 0.1) is 13.2 Å². The van der Waals surface area contributed by atoms with Crippen LogP contribution < -0.4 is 5.73 Å². The SMILES string of the molecule is Cc1cc(C(N)=S)ccc1COCC1CCOCC1. The number of thiocarbonyl (C=S) groups is 1. The molecule has 1 aromatic rings. The van der Waals surface area contributed by atoms with E-state index in [9.17, 15) is 0 Å². The molecule has 4 heteroatoms. The minimum absolute atomic E-state index is 0.442. The summed E-state index contributed by atoms with van der Waals surface area (Å²) in [6, 6.07) is 6.03. The van der Waals surface area contributed by atoms with Crippen molar-refractivity contribution in [3.05, 3.63) is 34.9 Å². The van der Waals surface area contributed by atoms with Gasteiger partial charge in [0, 0.05) is 18.8 Å². The summed E-state index contributed by atoms with van der Waals surface area (Å²) in [7, 11) is 0. The minimum atomic E-state index is 0.442. The van der Waals surface area contributed by atoms with E-state index in [1.165, 1.54) is 11.1 Å². The fraction of sp³-hybridized carbons (Fsp3) is 0.533. The third-order valence-electron chi connectivity index (χ3n) is 3.58. The molecular formula is C15H21NO2S. The summed E-state index contributed by atoms with van der Waals surface area (Å²) in [6.07, 6.45) is 2.22. The standard InChI is InChI=1S/C15H21NO2S/c1-11-8-13(15(16)19)2-3-14(11)10-18-9-12-4-6-17-7-5-12/h2-3,8,12H,4-7,9-10H2,1H3,(H2,16,19). The number of nitrogens with two attached hydrogens (primary N) is 1. The van der Waals surface area contributed by atoms with Crippen molar-refractivity contribution in [2.45, 2.75) is 26.4 Å². The largest absolute Gasteiger partial charge is 0.389 e. The van der Waals surface area contributed by atoms with E-state index < -0.39 is 0 Å². The molecule has 0 spiro atoms. The summed E-state index contributed by atoms with van der Waals surface area (Å²) in [4.78, 5) is 0.442. The molecule has 0 aromatic heterocycles. The molecule has 2 rings (SSSR count). The van der Waals surface area contributed by atoms with E-state index in [1.807, 2.05) is 18.2 Å². The number of ether oxygens (including phenoxy) is 2. The van der Waals surface area contributed by atoms with Crippen molar-refractivity contribution >= 4 is 17.2 Å². The fourth-order valence-electron chi connectivity index (χ4n) is 2.26. The van der Waals surface area contributed by atoms with Crippen molar-refractivity contribution in [1.82, 2.24) is 0 Å². The first kappa shape index (κ1) is 14.4. The van der Waals surface area contributed by atoms with Gasteiger partial charge in [0.2, 0.25) is 0 Å². The number of rotatable bonds is 5. The van der Waals surface area contributed by atoms with Gasteiger partial charge in [-0.1, -0.05) is 24.4 Å². The van der Waals surface area contributed by atoms with Crippen LogP contribution in [0.3, 0.4) is 0 Å². The number of hydrogen-bond acceptors (Lipinski definition) is 3. The molecule has 1 heterocycles. The summed E-state index contributed by atoms with van der Waals surface area (Å²) in [6.45, 7) is 5.28. The molecule has 1 saturated heterocycles. The molecule has 0 unspecified atom stereocenters. The molecule has 19 heavy (non-hydrogen) atoms. The zero-order chi connectivity index (χ0) is 13.7. The highest BCUT2D eigenvalue weighted by atomic mass is 32.1. The fourth-order valence-corrected chi connectivity index (χ4v) is 2.39. The molecule has 0 radical (unpaired) electrons. The average Bonchev–Trinajstić information content (AvgIpc) is 2.41. The highest BCUT2D eigenvalue weighted by Crippen LogP contribution is 2.17. The van der Waals surface area contributed by atoms with Crippen LogP contribution in [-0.4, -0.2) is 24.8 Å². The average molecular weight is 279 g/mol. The number of benzene rings is 1. The van der Waals surface area contributed by atoms with Crippen molar-refractivity contribution in [2.24, 2.45) is 11.7 Å². The van der Waals surface area contributed by atoms with Crippen molar-refractivity contribution < 1.29 is 9.47 Å². The maximum atomic E-state index is 5.82. The van der Waals surface area contributed by atoms with E-state index in [2.05, 4.69) is 6.92 Å². The van der Waals surface area contributed by atoms with Crippen LogP contribution in [0.4, 0.5) is 0 Å². The van der Waals surface area contributed by atoms with Gasteiger partial charge in [0.15, 0.2) is 0 Å². The Hall–Kier alpha value is -0.970. The number of hydrogen-bond donors (Lipinski definition) is 1. The Labute approximate surface area is 120 Å². The van der Waals surface area contributed by atoms with E-state index >= 15 is 0 Å². The molecule has 0 saturated carbocycles. The third-order valence-corrected chi connectivity index (χ3v) is 3.81. The molecule has 1 fully saturated rings. The van der Waals surface area contributed by atoms with Crippen LogP contribution in [0, 0.1) is 12.8 Å². The van der Waals surface area contributed by atoms with Gasteiger partial charge >= 0.3 is 0 Å². The molecule has 1 aliphatic heterocycles. The van der Waals surface area contributed by atoms with E-state index in [1.54, 1.807) is 0 Å². The van der Waals surface area contributed by atoms with E-state index in [4.69, 9.17) is 27.4 Å². The van der Waals surface area contributed by atoms with E-state index in [-0.39, 0.29) is 0 Å². The summed E-state index contributed by atoms with van der Waals surface area (Å²) >= 11 is 4.97. The normalized spacial score (nSPS) is 16.5. The van der Waals surface area contributed by atoms with Gasteiger partial charge in [0.1, 0.15) is 4.99 Å². The van der Waals surface area contributed by atoms with Crippen molar-refractivity contribution in [1.29, 1.82) is 0 Å². The van der Waals surface area contributed by atoms with Crippen LogP contribution >= 0.6 is 12.2 Å². The van der Waals surface area contributed by atoms with Crippen molar-refractivity contribution in [2.75, 3.05) is 19.8 Å². The first-order valence-corrected chi connectivity index (χ1v) is 7.12. The van der Waals surface area contributed by atoms with Gasteiger partial charge in [-0.25, -0.2) is 0 Å². The van der Waals surface area contributed by atoms with Gasteiger partial charge < -0.3 is 15.2 Å². The molecule has 0 bridgehead atoms. The smallest absolute Gasteiger partial charge is 0.103 e. The highest BCUT2D eigenvalue weighted by molar-refractivity contribution is 7.80. The summed E-state index contributed by atoms with van der Waals surface area (Å²) < 4.78 is 11.2. The second-order valence-electron chi connectivity index (χ2n) is 5.08. The first-order valence-electron chi connectivity index (χ1n) is 6.71. The molecule has 1 aromatic carbocycles. The Morgan fingerprint density at radius 3 is 2.79 bits per heavy atom. The van der Waals surface area contributed by atoms with Crippen LogP contribution in [0.25, 0.3) is 0 Å². The molecule has 0 aliphatic carbocycles. The summed E-state index contributed by atoms with van der Waals surface area (Å²) in [5.41, 5.74) is 8.92. The molecule has 2 N–H and O–H groups in total. The lowest BCUT2D eigenvalue weighted by Gasteiger charge is -2.22. The van der Waals surface area contributed by atoms with Gasteiger partial charge in [-0.3, -0.25) is 0 Å². The lowest BCUT2D eigenvalue weighted by atomic mass is 10.0.